The summed E-state index contributed by atoms with van der Waals surface area (Å²) in [6.45, 7) is 0. The van der Waals surface area contributed by atoms with E-state index in [1.54, 1.807) is 6.07 Å². The number of pyridine rings is 1. The van der Waals surface area contributed by atoms with Crippen LogP contribution in [0.2, 0.25) is 0 Å². The Morgan fingerprint density at radius 3 is 2.43 bits per heavy atom. The van der Waals surface area contributed by atoms with Crippen molar-refractivity contribution >= 4 is 27.5 Å². The zero-order valence-corrected chi connectivity index (χ0v) is 11.9. The maximum atomic E-state index is 12.0. The number of carbonyl (C=O) groups is 1. The molecule has 1 aromatic heterocycles. The third kappa shape index (κ3) is 4.75. The normalized spacial score (nSPS) is 11.0. The first kappa shape index (κ1) is 15.3. The zero-order chi connectivity index (χ0) is 15.5. The van der Waals surface area contributed by atoms with E-state index in [-0.39, 0.29) is 5.75 Å². The number of carbonyl (C=O) groups excluding carboxylic acids is 1. The Hall–Kier alpha value is -2.09. The second-order valence-electron chi connectivity index (χ2n) is 3.92. The summed E-state index contributed by atoms with van der Waals surface area (Å²) >= 11 is 3.19. The van der Waals surface area contributed by atoms with Crippen molar-refractivity contribution in [2.24, 2.45) is 0 Å². The summed E-state index contributed by atoms with van der Waals surface area (Å²) in [5.74, 6) is -0.780. The van der Waals surface area contributed by atoms with Crippen LogP contribution in [-0.2, 0) is 0 Å². The number of anilines is 1. The molecule has 1 aromatic carbocycles. The molecular weight excluding hydrogens is 353 g/mol. The number of hydrogen-bond donors (Lipinski definition) is 1. The molecule has 110 valence electrons. The second-order valence-corrected chi connectivity index (χ2v) is 4.83. The van der Waals surface area contributed by atoms with E-state index >= 15 is 0 Å². The largest absolute Gasteiger partial charge is 0.573 e. The van der Waals surface area contributed by atoms with Crippen LogP contribution in [-0.4, -0.2) is 17.3 Å². The predicted octanol–water partition coefficient (Wildman–Crippen LogP) is 4.00. The van der Waals surface area contributed by atoms with Gasteiger partial charge in [-0.2, -0.15) is 0 Å². The minimum absolute atomic E-state index is 0.319. The van der Waals surface area contributed by atoms with Gasteiger partial charge >= 0.3 is 6.36 Å². The van der Waals surface area contributed by atoms with Crippen LogP contribution in [0.25, 0.3) is 0 Å². The Labute approximate surface area is 126 Å². The van der Waals surface area contributed by atoms with Gasteiger partial charge in [0.15, 0.2) is 0 Å². The first-order chi connectivity index (χ1) is 9.83. The van der Waals surface area contributed by atoms with E-state index in [1.165, 1.54) is 24.5 Å². The number of nitrogens with zero attached hydrogens (tertiary/aromatic N) is 1. The molecule has 0 saturated heterocycles. The molecule has 1 N–H and O–H groups in total. The summed E-state index contributed by atoms with van der Waals surface area (Å²) in [5.41, 5.74) is 0.662. The predicted molar refractivity (Wildman–Crippen MR) is 73.0 cm³/mol. The Morgan fingerprint density at radius 1 is 1.19 bits per heavy atom. The maximum absolute atomic E-state index is 12.0. The van der Waals surface area contributed by atoms with Crippen LogP contribution in [0.4, 0.5) is 18.9 Å². The standard InChI is InChI=1S/C13H8BrF3N2O2/c14-9-5-8(6-18-7-9)12(20)19-10-1-3-11(4-2-10)21-13(15,16)17/h1-7H,(H,19,20). The Bertz CT molecular complexity index is 645. The lowest BCUT2D eigenvalue weighted by Crippen LogP contribution is -2.17. The van der Waals surface area contributed by atoms with Crippen molar-refractivity contribution in [3.05, 3.63) is 52.8 Å². The average Bonchev–Trinajstić information content (AvgIpc) is 2.39. The third-order valence-corrected chi connectivity index (χ3v) is 2.75. The summed E-state index contributed by atoms with van der Waals surface area (Å²) in [6.07, 6.45) is -1.84. The molecule has 0 radical (unpaired) electrons. The molecule has 0 saturated carbocycles. The number of nitrogens with one attached hydrogen (secondary N) is 1. The van der Waals surface area contributed by atoms with Gasteiger partial charge in [-0.25, -0.2) is 0 Å². The van der Waals surface area contributed by atoms with Crippen LogP contribution < -0.4 is 10.1 Å². The lowest BCUT2D eigenvalue weighted by Gasteiger charge is -2.10. The minimum atomic E-state index is -4.74. The van der Waals surface area contributed by atoms with Gasteiger partial charge in [-0.3, -0.25) is 9.78 Å². The van der Waals surface area contributed by atoms with Crippen LogP contribution in [0.3, 0.4) is 0 Å². The lowest BCUT2D eigenvalue weighted by atomic mass is 10.2. The number of alkyl halides is 3. The van der Waals surface area contributed by atoms with Gasteiger partial charge in [-0.05, 0) is 46.3 Å². The Balaban J connectivity index is 2.05. The van der Waals surface area contributed by atoms with Gasteiger partial charge in [-0.15, -0.1) is 13.2 Å². The molecular formula is C13H8BrF3N2O2. The highest BCUT2D eigenvalue weighted by Crippen LogP contribution is 2.24. The summed E-state index contributed by atoms with van der Waals surface area (Å²) in [6, 6.07) is 6.42. The van der Waals surface area contributed by atoms with Crippen LogP contribution >= 0.6 is 15.9 Å². The first-order valence-electron chi connectivity index (χ1n) is 5.61. The second kappa shape index (κ2) is 6.13. The molecule has 0 unspecified atom stereocenters. The highest BCUT2D eigenvalue weighted by atomic mass is 79.9. The molecule has 0 aliphatic rings. The quantitative estimate of drug-likeness (QED) is 0.899. The third-order valence-electron chi connectivity index (χ3n) is 2.31. The van der Waals surface area contributed by atoms with E-state index in [9.17, 15) is 18.0 Å². The van der Waals surface area contributed by atoms with Gasteiger partial charge in [0.2, 0.25) is 0 Å². The molecule has 4 nitrogen and oxygen atoms in total. The highest BCUT2D eigenvalue weighted by Gasteiger charge is 2.30. The van der Waals surface area contributed by atoms with E-state index in [4.69, 9.17) is 0 Å². The maximum Gasteiger partial charge on any atom is 0.573 e. The van der Waals surface area contributed by atoms with Gasteiger partial charge in [0, 0.05) is 22.6 Å². The molecule has 0 spiro atoms. The van der Waals surface area contributed by atoms with Crippen molar-refractivity contribution in [2.45, 2.75) is 6.36 Å². The Kier molecular flexibility index (Phi) is 4.46. The van der Waals surface area contributed by atoms with Crippen molar-refractivity contribution in [3.8, 4) is 5.75 Å². The monoisotopic (exact) mass is 360 g/mol. The van der Waals surface area contributed by atoms with Crippen molar-refractivity contribution in [1.29, 1.82) is 0 Å². The van der Waals surface area contributed by atoms with Gasteiger partial charge < -0.3 is 10.1 Å². The van der Waals surface area contributed by atoms with Crippen LogP contribution in [0, 0.1) is 0 Å². The molecule has 2 aromatic rings. The fourth-order valence-corrected chi connectivity index (χ4v) is 1.84. The average molecular weight is 361 g/mol. The summed E-state index contributed by atoms with van der Waals surface area (Å²) in [5, 5.41) is 2.54. The molecule has 0 fully saturated rings. The summed E-state index contributed by atoms with van der Waals surface area (Å²) in [4.78, 5) is 15.7. The van der Waals surface area contributed by atoms with E-state index in [2.05, 4.69) is 31.0 Å². The van der Waals surface area contributed by atoms with Crippen molar-refractivity contribution in [1.82, 2.24) is 4.98 Å². The zero-order valence-electron chi connectivity index (χ0n) is 10.3. The Morgan fingerprint density at radius 2 is 1.86 bits per heavy atom. The molecule has 8 heteroatoms. The number of rotatable bonds is 3. The highest BCUT2D eigenvalue weighted by molar-refractivity contribution is 9.10. The number of aromatic nitrogens is 1. The fraction of sp³-hybridized carbons (Fsp3) is 0.0769. The van der Waals surface area contributed by atoms with E-state index in [0.29, 0.717) is 15.7 Å². The smallest absolute Gasteiger partial charge is 0.406 e. The molecule has 0 atom stereocenters. The number of halogens is 4. The van der Waals surface area contributed by atoms with Crippen molar-refractivity contribution in [2.75, 3.05) is 5.32 Å². The summed E-state index contributed by atoms with van der Waals surface area (Å²) < 4.78 is 40.4. The summed E-state index contributed by atoms with van der Waals surface area (Å²) in [7, 11) is 0. The van der Waals surface area contributed by atoms with Crippen LogP contribution in [0.5, 0.6) is 5.75 Å². The van der Waals surface area contributed by atoms with Gasteiger partial charge in [-0.1, -0.05) is 0 Å². The van der Waals surface area contributed by atoms with Crippen molar-refractivity contribution in [3.63, 3.8) is 0 Å². The SMILES string of the molecule is O=C(Nc1ccc(OC(F)(F)F)cc1)c1cncc(Br)c1. The van der Waals surface area contributed by atoms with Gasteiger partial charge in [0.1, 0.15) is 5.75 Å². The molecule has 2 rings (SSSR count). The lowest BCUT2D eigenvalue weighted by molar-refractivity contribution is -0.274. The number of ether oxygens (including phenoxy) is 1. The molecule has 0 aliphatic heterocycles. The molecule has 1 heterocycles. The molecule has 21 heavy (non-hydrogen) atoms. The number of benzene rings is 1. The topological polar surface area (TPSA) is 51.2 Å². The van der Waals surface area contributed by atoms with Gasteiger partial charge in [0.25, 0.3) is 5.91 Å². The molecule has 0 aliphatic carbocycles. The number of hydrogen-bond acceptors (Lipinski definition) is 3. The van der Waals surface area contributed by atoms with Crippen LogP contribution in [0.1, 0.15) is 10.4 Å². The van der Waals surface area contributed by atoms with Crippen molar-refractivity contribution < 1.29 is 22.7 Å². The first-order valence-corrected chi connectivity index (χ1v) is 6.40. The van der Waals surface area contributed by atoms with E-state index in [0.717, 1.165) is 12.1 Å². The fourth-order valence-electron chi connectivity index (χ4n) is 1.48. The van der Waals surface area contributed by atoms with E-state index < -0.39 is 12.3 Å². The molecule has 0 bridgehead atoms. The molecule has 1 amide bonds. The van der Waals surface area contributed by atoms with E-state index in [1.807, 2.05) is 0 Å². The minimum Gasteiger partial charge on any atom is -0.406 e. The van der Waals surface area contributed by atoms with Gasteiger partial charge in [0.05, 0.1) is 5.56 Å². The van der Waals surface area contributed by atoms with Crippen LogP contribution in [0.15, 0.2) is 47.2 Å². The number of amides is 1.